The first-order valence-electron chi connectivity index (χ1n) is 5.02. The molecule has 0 spiro atoms. The number of hydrogen-bond donors (Lipinski definition) is 1. The van der Waals surface area contributed by atoms with Gasteiger partial charge in [0.05, 0.1) is 0 Å². The van der Waals surface area contributed by atoms with E-state index in [-0.39, 0.29) is 0 Å². The molecule has 1 heterocycles. The molecule has 0 aliphatic rings. The molecular weight excluding hydrogens is 200 g/mol. The molecule has 0 aliphatic carbocycles. The maximum Gasteiger partial charge on any atom is 0.213 e. The van der Waals surface area contributed by atoms with Crippen LogP contribution in [-0.2, 0) is 6.54 Å². The number of aromatic nitrogens is 1. The Balaban J connectivity index is 2.56. The van der Waals surface area contributed by atoms with Crippen molar-refractivity contribution in [3.63, 3.8) is 0 Å². The smallest absolute Gasteiger partial charge is 0.213 e. The molecule has 0 aliphatic heterocycles. The first-order valence-corrected chi connectivity index (χ1v) is 5.02. The molecule has 0 unspecified atom stereocenters. The number of hydrogen-bond acceptors (Lipinski definition) is 3. The minimum absolute atomic E-state index is 0.435. The summed E-state index contributed by atoms with van der Waals surface area (Å²) in [5.41, 5.74) is 7.41. The molecule has 84 valence electrons. The highest BCUT2D eigenvalue weighted by atomic mass is 16.5. The zero-order valence-electron chi connectivity index (χ0n) is 9.23. The summed E-state index contributed by atoms with van der Waals surface area (Å²) in [4.78, 5) is 4.13. The van der Waals surface area contributed by atoms with Crippen LogP contribution in [0.15, 0.2) is 55.3 Å². The monoisotopic (exact) mass is 216 g/mol. The van der Waals surface area contributed by atoms with Crippen LogP contribution in [-0.4, -0.2) is 11.6 Å². The molecule has 0 saturated carbocycles. The van der Waals surface area contributed by atoms with Crippen LogP contribution >= 0.6 is 0 Å². The Hall–Kier alpha value is -1.87. The van der Waals surface area contributed by atoms with E-state index in [1.54, 1.807) is 24.4 Å². The van der Waals surface area contributed by atoms with E-state index in [2.05, 4.69) is 18.1 Å². The van der Waals surface area contributed by atoms with E-state index in [0.29, 0.717) is 19.0 Å². The summed E-state index contributed by atoms with van der Waals surface area (Å²) in [6.45, 7) is 8.23. The Bertz CT molecular complexity index is 379. The number of ether oxygens (including phenoxy) is 1. The van der Waals surface area contributed by atoms with Gasteiger partial charge in [0, 0.05) is 18.8 Å². The van der Waals surface area contributed by atoms with Gasteiger partial charge in [0.15, 0.2) is 0 Å². The first kappa shape index (κ1) is 12.2. The van der Waals surface area contributed by atoms with Gasteiger partial charge in [-0.3, -0.25) is 0 Å². The Labute approximate surface area is 96.0 Å². The quantitative estimate of drug-likeness (QED) is 0.742. The predicted octanol–water partition coefficient (Wildman–Crippen LogP) is 2.22. The standard InChI is InChI=1S/C13H16N2O/c1-3-5-11(4-2)10-16-13-7-6-12(8-14)9-15-13/h3-7,9H,1-2,8,10,14H2/b11-5+. The zero-order chi connectivity index (χ0) is 11.8. The van der Waals surface area contributed by atoms with Crippen LogP contribution < -0.4 is 10.5 Å². The minimum Gasteiger partial charge on any atom is -0.473 e. The number of rotatable bonds is 6. The van der Waals surface area contributed by atoms with Gasteiger partial charge in [-0.1, -0.05) is 37.5 Å². The second kappa shape index (κ2) is 6.58. The van der Waals surface area contributed by atoms with Crippen molar-refractivity contribution in [3.8, 4) is 5.88 Å². The fraction of sp³-hybridized carbons (Fsp3) is 0.154. The molecular formula is C13H16N2O. The molecule has 0 atom stereocenters. The van der Waals surface area contributed by atoms with Crippen LogP contribution in [0.3, 0.4) is 0 Å². The number of pyridine rings is 1. The summed E-state index contributed by atoms with van der Waals surface area (Å²) in [7, 11) is 0. The average Bonchev–Trinajstić information content (AvgIpc) is 2.35. The van der Waals surface area contributed by atoms with E-state index in [1.807, 2.05) is 12.1 Å². The van der Waals surface area contributed by atoms with E-state index < -0.39 is 0 Å². The van der Waals surface area contributed by atoms with Crippen LogP contribution in [0.25, 0.3) is 0 Å². The van der Waals surface area contributed by atoms with Gasteiger partial charge in [0.25, 0.3) is 0 Å². The Morgan fingerprint density at radius 2 is 2.25 bits per heavy atom. The van der Waals surface area contributed by atoms with Crippen LogP contribution in [0.5, 0.6) is 5.88 Å². The molecule has 0 fully saturated rings. The third-order valence-corrected chi connectivity index (χ3v) is 2.01. The Morgan fingerprint density at radius 3 is 2.75 bits per heavy atom. The maximum absolute atomic E-state index is 5.47. The maximum atomic E-state index is 5.47. The van der Waals surface area contributed by atoms with Gasteiger partial charge in [-0.2, -0.15) is 0 Å². The van der Waals surface area contributed by atoms with Crippen molar-refractivity contribution in [2.45, 2.75) is 6.54 Å². The van der Waals surface area contributed by atoms with Crippen molar-refractivity contribution in [1.29, 1.82) is 0 Å². The molecule has 16 heavy (non-hydrogen) atoms. The van der Waals surface area contributed by atoms with Crippen LogP contribution in [0.2, 0.25) is 0 Å². The van der Waals surface area contributed by atoms with E-state index in [4.69, 9.17) is 10.5 Å². The number of allylic oxidation sites excluding steroid dienone is 2. The molecule has 0 amide bonds. The van der Waals surface area contributed by atoms with Gasteiger partial charge in [-0.15, -0.1) is 0 Å². The molecule has 1 aromatic rings. The molecule has 0 saturated heterocycles. The molecule has 1 aromatic heterocycles. The Kier molecular flexibility index (Phi) is 5.02. The van der Waals surface area contributed by atoms with Crippen molar-refractivity contribution in [1.82, 2.24) is 4.98 Å². The lowest BCUT2D eigenvalue weighted by atomic mass is 10.2. The molecule has 0 aromatic carbocycles. The number of nitrogens with zero attached hydrogens (tertiary/aromatic N) is 1. The largest absolute Gasteiger partial charge is 0.473 e. The highest BCUT2D eigenvalue weighted by Gasteiger charge is 1.97. The first-order chi connectivity index (χ1) is 7.80. The van der Waals surface area contributed by atoms with Crippen molar-refractivity contribution >= 4 is 0 Å². The molecule has 2 N–H and O–H groups in total. The predicted molar refractivity (Wildman–Crippen MR) is 66.1 cm³/mol. The third-order valence-electron chi connectivity index (χ3n) is 2.01. The van der Waals surface area contributed by atoms with Gasteiger partial charge in [-0.05, 0) is 11.1 Å². The normalized spacial score (nSPS) is 10.9. The Morgan fingerprint density at radius 1 is 1.44 bits per heavy atom. The third kappa shape index (κ3) is 3.71. The van der Waals surface area contributed by atoms with Crippen molar-refractivity contribution in [3.05, 3.63) is 60.9 Å². The van der Waals surface area contributed by atoms with Crippen molar-refractivity contribution in [2.24, 2.45) is 5.73 Å². The molecule has 3 nitrogen and oxygen atoms in total. The zero-order valence-corrected chi connectivity index (χ0v) is 9.23. The van der Waals surface area contributed by atoms with Crippen LogP contribution in [0, 0.1) is 0 Å². The van der Waals surface area contributed by atoms with Gasteiger partial charge < -0.3 is 10.5 Å². The summed E-state index contributed by atoms with van der Waals surface area (Å²) in [5, 5.41) is 0. The molecule has 0 radical (unpaired) electrons. The van der Waals surface area contributed by atoms with E-state index in [1.165, 1.54) is 0 Å². The number of nitrogens with two attached hydrogens (primary N) is 1. The second-order valence-corrected chi connectivity index (χ2v) is 3.18. The molecule has 0 bridgehead atoms. The fourth-order valence-corrected chi connectivity index (χ4v) is 1.10. The lowest BCUT2D eigenvalue weighted by molar-refractivity contribution is 0.341. The van der Waals surface area contributed by atoms with Gasteiger partial charge in [-0.25, -0.2) is 4.98 Å². The summed E-state index contributed by atoms with van der Waals surface area (Å²) >= 11 is 0. The lowest BCUT2D eigenvalue weighted by Crippen LogP contribution is -2.02. The van der Waals surface area contributed by atoms with Gasteiger partial charge >= 0.3 is 0 Å². The van der Waals surface area contributed by atoms with Crippen LogP contribution in [0.4, 0.5) is 0 Å². The van der Waals surface area contributed by atoms with Gasteiger partial charge in [0.1, 0.15) is 6.61 Å². The summed E-state index contributed by atoms with van der Waals surface area (Å²) in [5.74, 6) is 0.578. The van der Waals surface area contributed by atoms with E-state index >= 15 is 0 Å². The topological polar surface area (TPSA) is 48.1 Å². The molecule has 3 heteroatoms. The average molecular weight is 216 g/mol. The highest BCUT2D eigenvalue weighted by Crippen LogP contribution is 2.08. The summed E-state index contributed by atoms with van der Waals surface area (Å²) in [6.07, 6.45) is 6.99. The minimum atomic E-state index is 0.435. The lowest BCUT2D eigenvalue weighted by Gasteiger charge is -2.05. The van der Waals surface area contributed by atoms with Crippen molar-refractivity contribution in [2.75, 3.05) is 6.61 Å². The molecule has 1 rings (SSSR count). The summed E-state index contributed by atoms with van der Waals surface area (Å²) < 4.78 is 5.47. The van der Waals surface area contributed by atoms with E-state index in [9.17, 15) is 0 Å². The van der Waals surface area contributed by atoms with Crippen molar-refractivity contribution < 1.29 is 4.74 Å². The highest BCUT2D eigenvalue weighted by molar-refractivity contribution is 5.23. The SMILES string of the molecule is C=C/C=C(\C=C)COc1ccc(CN)cn1. The van der Waals surface area contributed by atoms with Crippen LogP contribution in [0.1, 0.15) is 5.56 Å². The fourth-order valence-electron chi connectivity index (χ4n) is 1.10. The second-order valence-electron chi connectivity index (χ2n) is 3.18. The summed E-state index contributed by atoms with van der Waals surface area (Å²) in [6, 6.07) is 3.70. The van der Waals surface area contributed by atoms with E-state index in [0.717, 1.165) is 11.1 Å². The van der Waals surface area contributed by atoms with Gasteiger partial charge in [0.2, 0.25) is 5.88 Å².